The Hall–Kier alpha value is -1.10. The van der Waals surface area contributed by atoms with E-state index in [0.717, 1.165) is 22.9 Å². The molecule has 0 radical (unpaired) electrons. The molecule has 0 unspecified atom stereocenters. The average Bonchev–Trinajstić information content (AvgIpc) is 2.82. The first-order valence-corrected chi connectivity index (χ1v) is 10.8. The van der Waals surface area contributed by atoms with E-state index < -0.39 is 45.0 Å². The van der Waals surface area contributed by atoms with Crippen molar-refractivity contribution >= 4 is 22.6 Å². The van der Waals surface area contributed by atoms with Crippen LogP contribution < -0.4 is 5.46 Å². The van der Waals surface area contributed by atoms with Crippen molar-refractivity contribution in [2.24, 2.45) is 0 Å². The maximum atomic E-state index is 13.8. The summed E-state index contributed by atoms with van der Waals surface area (Å²) >= 11 is 0. The summed E-state index contributed by atoms with van der Waals surface area (Å²) in [5.41, 5.74) is -2.47. The van der Waals surface area contributed by atoms with Crippen molar-refractivity contribution in [2.75, 3.05) is 13.1 Å². The lowest BCUT2D eigenvalue weighted by Crippen LogP contribution is -2.41. The summed E-state index contributed by atoms with van der Waals surface area (Å²) in [4.78, 5) is -0.720. The monoisotopic (exact) mass is 419 g/mol. The van der Waals surface area contributed by atoms with Crippen molar-refractivity contribution in [1.82, 2.24) is 4.31 Å². The number of alkyl halides is 3. The Labute approximate surface area is 164 Å². The van der Waals surface area contributed by atoms with Crippen LogP contribution >= 0.6 is 0 Å². The van der Waals surface area contributed by atoms with Crippen LogP contribution in [0.5, 0.6) is 0 Å². The van der Waals surface area contributed by atoms with Crippen LogP contribution in [0.1, 0.15) is 52.5 Å². The molecule has 156 valence electrons. The molecule has 28 heavy (non-hydrogen) atoms. The zero-order chi connectivity index (χ0) is 21.0. The first kappa shape index (κ1) is 21.6. The Morgan fingerprint density at radius 3 is 2.04 bits per heavy atom. The van der Waals surface area contributed by atoms with E-state index in [1.54, 1.807) is 27.7 Å². The maximum Gasteiger partial charge on any atom is 0.494 e. The van der Waals surface area contributed by atoms with Crippen molar-refractivity contribution in [1.29, 1.82) is 0 Å². The van der Waals surface area contributed by atoms with E-state index in [0.29, 0.717) is 12.8 Å². The molecule has 0 saturated carbocycles. The van der Waals surface area contributed by atoms with E-state index >= 15 is 0 Å². The van der Waals surface area contributed by atoms with Crippen LogP contribution in [0.4, 0.5) is 13.2 Å². The highest BCUT2D eigenvalue weighted by Crippen LogP contribution is 2.38. The first-order chi connectivity index (χ1) is 12.8. The van der Waals surface area contributed by atoms with Gasteiger partial charge in [-0.2, -0.15) is 17.5 Å². The molecule has 0 N–H and O–H groups in total. The summed E-state index contributed by atoms with van der Waals surface area (Å²) in [7, 11) is -5.23. The molecule has 10 heteroatoms. The van der Waals surface area contributed by atoms with Crippen molar-refractivity contribution < 1.29 is 30.9 Å². The van der Waals surface area contributed by atoms with Gasteiger partial charge in [-0.3, -0.25) is 0 Å². The highest BCUT2D eigenvalue weighted by Gasteiger charge is 2.52. The Morgan fingerprint density at radius 1 is 1.00 bits per heavy atom. The molecule has 0 atom stereocenters. The summed E-state index contributed by atoms with van der Waals surface area (Å²) in [6, 6.07) is 3.19. The predicted octanol–water partition coefficient (Wildman–Crippen LogP) is 3.18. The van der Waals surface area contributed by atoms with Crippen LogP contribution in [0.2, 0.25) is 0 Å². The summed E-state index contributed by atoms with van der Waals surface area (Å²) < 4.78 is 79.7. The molecule has 2 aliphatic rings. The van der Waals surface area contributed by atoms with Crippen molar-refractivity contribution in [3.05, 3.63) is 23.8 Å². The second-order valence-electron chi connectivity index (χ2n) is 8.31. The van der Waals surface area contributed by atoms with Gasteiger partial charge in [0.15, 0.2) is 0 Å². The SMILES string of the molecule is CC1(C)OB(c2ccc(S(=O)(=O)N3CCCCC3)c(C(F)(F)F)c2)OC1(C)C. The third kappa shape index (κ3) is 3.84. The summed E-state index contributed by atoms with van der Waals surface area (Å²) in [5, 5.41) is 0. The fourth-order valence-corrected chi connectivity index (χ4v) is 5.07. The van der Waals surface area contributed by atoms with Crippen molar-refractivity contribution in [3.8, 4) is 0 Å². The third-order valence-corrected chi connectivity index (χ3v) is 7.72. The second kappa shape index (κ2) is 7.00. The van der Waals surface area contributed by atoms with E-state index in [-0.39, 0.29) is 18.6 Å². The lowest BCUT2D eigenvalue weighted by Gasteiger charge is -2.32. The van der Waals surface area contributed by atoms with Gasteiger partial charge < -0.3 is 9.31 Å². The Kier molecular flexibility index (Phi) is 5.40. The maximum absolute atomic E-state index is 13.8. The third-order valence-electron chi connectivity index (χ3n) is 5.77. The Bertz CT molecular complexity index is 833. The normalized spacial score (nSPS) is 23.2. The molecule has 0 amide bonds. The molecule has 3 rings (SSSR count). The van der Waals surface area contributed by atoms with Gasteiger partial charge in [-0.25, -0.2) is 8.42 Å². The van der Waals surface area contributed by atoms with Crippen molar-refractivity contribution in [3.63, 3.8) is 0 Å². The van der Waals surface area contributed by atoms with Gasteiger partial charge >= 0.3 is 13.3 Å². The lowest BCUT2D eigenvalue weighted by atomic mass is 9.78. The van der Waals surface area contributed by atoms with Gasteiger partial charge in [-0.15, -0.1) is 0 Å². The molecule has 1 aromatic rings. The van der Waals surface area contributed by atoms with Crippen LogP contribution in [0.3, 0.4) is 0 Å². The molecule has 0 aliphatic carbocycles. The molecule has 0 bridgehead atoms. The van der Waals surface area contributed by atoms with Gasteiger partial charge in [0.25, 0.3) is 0 Å². The van der Waals surface area contributed by atoms with Crippen LogP contribution in [-0.2, 0) is 25.5 Å². The molecule has 1 aromatic carbocycles. The fourth-order valence-electron chi connectivity index (χ4n) is 3.36. The lowest BCUT2D eigenvalue weighted by molar-refractivity contribution is -0.139. The van der Waals surface area contributed by atoms with E-state index in [9.17, 15) is 21.6 Å². The van der Waals surface area contributed by atoms with Gasteiger partial charge in [-0.1, -0.05) is 12.5 Å². The van der Waals surface area contributed by atoms with Gasteiger partial charge in [0.2, 0.25) is 10.0 Å². The van der Waals surface area contributed by atoms with Crippen LogP contribution in [0, 0.1) is 0 Å². The molecule has 2 saturated heterocycles. The Balaban J connectivity index is 2.02. The standard InChI is InChI=1S/C18H25BF3NO4S/c1-16(2)17(3,4)27-19(26-16)13-8-9-15(14(12-13)18(20,21)22)28(24,25)23-10-6-5-7-11-23/h8-9,12H,5-7,10-11H2,1-4H3. The molecule has 2 aliphatic heterocycles. The molecule has 2 fully saturated rings. The zero-order valence-electron chi connectivity index (χ0n) is 16.5. The zero-order valence-corrected chi connectivity index (χ0v) is 17.3. The van der Waals surface area contributed by atoms with Gasteiger partial charge in [0.1, 0.15) is 0 Å². The first-order valence-electron chi connectivity index (χ1n) is 9.33. The fraction of sp³-hybridized carbons (Fsp3) is 0.667. The number of halogens is 3. The van der Waals surface area contributed by atoms with E-state index in [1.165, 1.54) is 6.07 Å². The number of sulfonamides is 1. The minimum Gasteiger partial charge on any atom is -0.399 e. The molecule has 0 spiro atoms. The number of rotatable bonds is 3. The van der Waals surface area contributed by atoms with Gasteiger partial charge in [-0.05, 0) is 58.1 Å². The average molecular weight is 419 g/mol. The van der Waals surface area contributed by atoms with Crippen LogP contribution in [0.25, 0.3) is 0 Å². The van der Waals surface area contributed by atoms with E-state index in [4.69, 9.17) is 9.31 Å². The largest absolute Gasteiger partial charge is 0.494 e. The van der Waals surface area contributed by atoms with Crippen molar-refractivity contribution in [2.45, 2.75) is 69.2 Å². The quantitative estimate of drug-likeness (QED) is 0.707. The van der Waals surface area contributed by atoms with Crippen LogP contribution in [-0.4, -0.2) is 44.1 Å². The number of piperidine rings is 1. The summed E-state index contributed by atoms with van der Waals surface area (Å²) in [6.45, 7) is 7.66. The predicted molar refractivity (Wildman–Crippen MR) is 99.8 cm³/mol. The second-order valence-corrected chi connectivity index (χ2v) is 10.2. The molecule has 2 heterocycles. The van der Waals surface area contributed by atoms with Crippen LogP contribution in [0.15, 0.2) is 23.1 Å². The number of nitrogens with zero attached hydrogens (tertiary/aromatic N) is 1. The topological polar surface area (TPSA) is 55.8 Å². The minimum absolute atomic E-state index is 0.142. The number of hydrogen-bond donors (Lipinski definition) is 0. The molecular formula is C18H25BF3NO4S. The highest BCUT2D eigenvalue weighted by atomic mass is 32.2. The van der Waals surface area contributed by atoms with E-state index in [2.05, 4.69) is 0 Å². The molecule has 5 nitrogen and oxygen atoms in total. The van der Waals surface area contributed by atoms with Gasteiger partial charge in [0, 0.05) is 13.1 Å². The summed E-state index contributed by atoms with van der Waals surface area (Å²) in [6.07, 6.45) is -2.66. The Morgan fingerprint density at radius 2 is 1.54 bits per heavy atom. The molecule has 0 aromatic heterocycles. The number of hydrogen-bond acceptors (Lipinski definition) is 4. The highest BCUT2D eigenvalue weighted by molar-refractivity contribution is 7.89. The minimum atomic E-state index is -4.82. The van der Waals surface area contributed by atoms with Gasteiger partial charge in [0.05, 0.1) is 21.7 Å². The molecular weight excluding hydrogens is 394 g/mol. The smallest absolute Gasteiger partial charge is 0.399 e. The number of benzene rings is 1. The summed E-state index contributed by atoms with van der Waals surface area (Å²) in [5.74, 6) is 0. The van der Waals surface area contributed by atoms with E-state index in [1.807, 2.05) is 0 Å².